The fourth-order valence-electron chi connectivity index (χ4n) is 2.61. The second-order valence-corrected chi connectivity index (χ2v) is 6.84. The molecule has 0 bridgehead atoms. The zero-order chi connectivity index (χ0) is 18.7. The van der Waals surface area contributed by atoms with E-state index < -0.39 is 6.04 Å². The van der Waals surface area contributed by atoms with Gasteiger partial charge in [0.05, 0.1) is 24.7 Å². The summed E-state index contributed by atoms with van der Waals surface area (Å²) in [5.74, 6) is 0.102. The Labute approximate surface area is 151 Å². The fraction of sp³-hybridized carbons (Fsp3) is 0.600. The molecule has 0 aliphatic carbocycles. The van der Waals surface area contributed by atoms with Gasteiger partial charge in [-0.25, -0.2) is 0 Å². The lowest BCUT2D eigenvalue weighted by atomic mass is 10.00. The van der Waals surface area contributed by atoms with E-state index in [2.05, 4.69) is 17.7 Å². The maximum atomic E-state index is 12.5. The molecule has 0 saturated carbocycles. The Hall–Kier alpha value is -1.56. The summed E-state index contributed by atoms with van der Waals surface area (Å²) in [5, 5.41) is 3.05. The molecule has 3 atom stereocenters. The van der Waals surface area contributed by atoms with E-state index in [1.807, 2.05) is 51.1 Å². The van der Waals surface area contributed by atoms with E-state index in [0.29, 0.717) is 6.42 Å². The van der Waals surface area contributed by atoms with Gasteiger partial charge in [-0.3, -0.25) is 9.63 Å². The predicted octanol–water partition coefficient (Wildman–Crippen LogP) is 2.69. The molecule has 0 fully saturated rings. The fourth-order valence-corrected chi connectivity index (χ4v) is 2.61. The van der Waals surface area contributed by atoms with Gasteiger partial charge in [-0.05, 0) is 31.2 Å². The van der Waals surface area contributed by atoms with Crippen molar-refractivity contribution in [2.75, 3.05) is 6.54 Å². The van der Waals surface area contributed by atoms with Gasteiger partial charge in [-0.15, -0.1) is 0 Å². The molecule has 25 heavy (non-hydrogen) atoms. The summed E-state index contributed by atoms with van der Waals surface area (Å²) in [4.78, 5) is 29.4. The van der Waals surface area contributed by atoms with Gasteiger partial charge in [0.2, 0.25) is 0 Å². The van der Waals surface area contributed by atoms with Crippen LogP contribution in [-0.4, -0.2) is 36.8 Å². The van der Waals surface area contributed by atoms with Gasteiger partial charge in [-0.2, -0.15) is 5.48 Å². The number of aldehydes is 1. The maximum Gasteiger partial charge on any atom is 0.166 e. The number of Topliss-reactive ketones (excluding diaryl/α,β-unsaturated/α-hetero) is 1. The third-order valence-corrected chi connectivity index (χ3v) is 4.11. The van der Waals surface area contributed by atoms with Crippen molar-refractivity contribution in [1.82, 2.24) is 10.8 Å². The van der Waals surface area contributed by atoms with Crippen LogP contribution in [0.15, 0.2) is 30.3 Å². The van der Waals surface area contributed by atoms with Crippen LogP contribution in [-0.2, 0) is 20.8 Å². The Morgan fingerprint density at radius 1 is 1.20 bits per heavy atom. The second-order valence-electron chi connectivity index (χ2n) is 6.84. The quantitative estimate of drug-likeness (QED) is 0.424. The normalized spacial score (nSPS) is 14.9. The van der Waals surface area contributed by atoms with E-state index in [1.165, 1.54) is 0 Å². The number of carbonyl (C=O) groups excluding carboxylic acids is 2. The monoisotopic (exact) mass is 348 g/mol. The second kappa shape index (κ2) is 11.9. The minimum atomic E-state index is -0.393. The van der Waals surface area contributed by atoms with Gasteiger partial charge in [0.1, 0.15) is 6.29 Å². The predicted molar refractivity (Wildman–Crippen MR) is 100 cm³/mol. The van der Waals surface area contributed by atoms with Gasteiger partial charge in [0.25, 0.3) is 0 Å². The van der Waals surface area contributed by atoms with Crippen molar-refractivity contribution in [3.8, 4) is 0 Å². The molecule has 0 amide bonds. The largest absolute Gasteiger partial charge is 0.302 e. The molecule has 5 nitrogen and oxygen atoms in total. The minimum Gasteiger partial charge on any atom is -0.302 e. The highest BCUT2D eigenvalue weighted by Gasteiger charge is 2.23. The van der Waals surface area contributed by atoms with E-state index >= 15 is 0 Å². The first-order valence-corrected chi connectivity index (χ1v) is 9.14. The van der Waals surface area contributed by atoms with E-state index in [-0.39, 0.29) is 30.4 Å². The van der Waals surface area contributed by atoms with Crippen molar-refractivity contribution in [3.05, 3.63) is 35.9 Å². The summed E-state index contributed by atoms with van der Waals surface area (Å²) in [7, 11) is 0. The van der Waals surface area contributed by atoms with Crippen LogP contribution in [0.2, 0.25) is 0 Å². The molecule has 0 spiro atoms. The average Bonchev–Trinajstić information content (AvgIpc) is 2.59. The first-order valence-electron chi connectivity index (χ1n) is 9.14. The summed E-state index contributed by atoms with van der Waals surface area (Å²) >= 11 is 0. The zero-order valence-electron chi connectivity index (χ0n) is 15.8. The summed E-state index contributed by atoms with van der Waals surface area (Å²) < 4.78 is 0. The van der Waals surface area contributed by atoms with Crippen molar-refractivity contribution in [3.63, 3.8) is 0 Å². The summed E-state index contributed by atoms with van der Waals surface area (Å²) in [5.41, 5.74) is 3.98. The van der Waals surface area contributed by atoms with Crippen LogP contribution < -0.4 is 10.8 Å². The van der Waals surface area contributed by atoms with Crippen molar-refractivity contribution >= 4 is 12.1 Å². The highest BCUT2D eigenvalue weighted by Crippen LogP contribution is 2.07. The third-order valence-electron chi connectivity index (χ3n) is 4.11. The van der Waals surface area contributed by atoms with Gasteiger partial charge >= 0.3 is 0 Å². The number of hydrogen-bond donors (Lipinski definition) is 2. The molecule has 1 aromatic rings. The van der Waals surface area contributed by atoms with Crippen LogP contribution in [0.4, 0.5) is 0 Å². The van der Waals surface area contributed by atoms with Gasteiger partial charge in [0, 0.05) is 0 Å². The highest BCUT2D eigenvalue weighted by atomic mass is 16.7. The van der Waals surface area contributed by atoms with E-state index in [4.69, 9.17) is 4.84 Å². The Morgan fingerprint density at radius 3 is 2.44 bits per heavy atom. The Morgan fingerprint density at radius 2 is 1.88 bits per heavy atom. The molecule has 1 rings (SSSR count). The molecule has 1 unspecified atom stereocenters. The topological polar surface area (TPSA) is 67.4 Å². The van der Waals surface area contributed by atoms with Gasteiger partial charge < -0.3 is 10.1 Å². The molecule has 140 valence electrons. The molecular formula is C20H32N2O3. The van der Waals surface area contributed by atoms with Crippen molar-refractivity contribution in [2.24, 2.45) is 5.92 Å². The highest BCUT2D eigenvalue weighted by molar-refractivity contribution is 5.86. The summed E-state index contributed by atoms with van der Waals surface area (Å²) in [6, 6.07) is 9.00. The molecular weight excluding hydrogens is 316 g/mol. The number of hydroxylamine groups is 1. The van der Waals surface area contributed by atoms with Gasteiger partial charge in [0.15, 0.2) is 5.78 Å². The van der Waals surface area contributed by atoms with Crippen LogP contribution in [0.3, 0.4) is 0 Å². The van der Waals surface area contributed by atoms with Crippen LogP contribution in [0.5, 0.6) is 0 Å². The zero-order valence-corrected chi connectivity index (χ0v) is 15.8. The number of benzene rings is 1. The number of ketones is 1. The lowest BCUT2D eigenvalue weighted by molar-refractivity contribution is -0.128. The van der Waals surface area contributed by atoms with Crippen LogP contribution in [0.1, 0.15) is 46.1 Å². The smallest absolute Gasteiger partial charge is 0.166 e. The SMILES string of the molecule is CCCC(C)ON[C@H](C(=O)CN[C@@H](C=O)Cc1ccccc1)C(C)C. The molecule has 1 aromatic carbocycles. The number of carbonyl (C=O) groups is 2. The number of hydrogen-bond acceptors (Lipinski definition) is 5. The van der Waals surface area contributed by atoms with Crippen molar-refractivity contribution in [1.29, 1.82) is 0 Å². The number of nitrogens with one attached hydrogen (secondary N) is 2. The molecule has 0 radical (unpaired) electrons. The van der Waals surface area contributed by atoms with Gasteiger partial charge in [-0.1, -0.05) is 57.5 Å². The molecule has 0 heterocycles. The minimum absolute atomic E-state index is 0.00129. The third kappa shape index (κ3) is 8.38. The molecule has 0 aliphatic rings. The average molecular weight is 348 g/mol. The summed E-state index contributed by atoms with van der Waals surface area (Å²) in [6.07, 6.45) is 3.46. The van der Waals surface area contributed by atoms with Crippen LogP contribution in [0, 0.1) is 5.92 Å². The molecule has 2 N–H and O–H groups in total. The standard InChI is InChI=1S/C20H32N2O3/c1-5-9-16(4)25-22-20(15(2)3)19(24)13-21-18(14-23)12-17-10-7-6-8-11-17/h6-8,10-11,14-16,18,20-22H,5,9,12-13H2,1-4H3/t16?,18-,20+/m1/s1. The summed E-state index contributed by atoms with van der Waals surface area (Å²) in [6.45, 7) is 8.17. The lowest BCUT2D eigenvalue weighted by Crippen LogP contribution is -2.48. The van der Waals surface area contributed by atoms with E-state index in [0.717, 1.165) is 24.7 Å². The van der Waals surface area contributed by atoms with Crippen molar-refractivity contribution in [2.45, 2.75) is 65.1 Å². The lowest BCUT2D eigenvalue weighted by Gasteiger charge is -2.24. The Kier molecular flexibility index (Phi) is 10.2. The van der Waals surface area contributed by atoms with E-state index in [1.54, 1.807) is 0 Å². The molecule has 0 aliphatic heterocycles. The molecule has 0 aromatic heterocycles. The number of rotatable bonds is 13. The Bertz CT molecular complexity index is 505. The van der Waals surface area contributed by atoms with E-state index in [9.17, 15) is 9.59 Å². The first-order chi connectivity index (χ1) is 12.0. The first kappa shape index (κ1) is 21.5. The molecule has 5 heteroatoms. The maximum absolute atomic E-state index is 12.5. The van der Waals surface area contributed by atoms with Crippen molar-refractivity contribution < 1.29 is 14.4 Å². The van der Waals surface area contributed by atoms with Crippen LogP contribution >= 0.6 is 0 Å². The molecule has 0 saturated heterocycles. The van der Waals surface area contributed by atoms with Crippen LogP contribution in [0.25, 0.3) is 0 Å². The Balaban J connectivity index is 2.50.